The van der Waals surface area contributed by atoms with Crippen LogP contribution >= 0.6 is 0 Å². The quantitative estimate of drug-likeness (QED) is 0.581. The van der Waals surface area contributed by atoms with Crippen LogP contribution in [0.4, 0.5) is 5.69 Å². The summed E-state index contributed by atoms with van der Waals surface area (Å²) < 4.78 is 5.24. The first-order valence-corrected chi connectivity index (χ1v) is 7.81. The van der Waals surface area contributed by atoms with E-state index in [0.717, 1.165) is 23.2 Å². The Morgan fingerprint density at radius 2 is 1.87 bits per heavy atom. The highest BCUT2D eigenvalue weighted by Crippen LogP contribution is 2.53. The van der Waals surface area contributed by atoms with Crippen LogP contribution in [0.3, 0.4) is 0 Å². The zero-order chi connectivity index (χ0) is 16.0. The molecule has 0 saturated heterocycles. The molecule has 4 heteroatoms. The van der Waals surface area contributed by atoms with E-state index in [1.54, 1.807) is 19.2 Å². The van der Waals surface area contributed by atoms with E-state index < -0.39 is 0 Å². The minimum Gasteiger partial charge on any atom is -0.506 e. The van der Waals surface area contributed by atoms with Gasteiger partial charge in [-0.2, -0.15) is 0 Å². The highest BCUT2D eigenvalue weighted by molar-refractivity contribution is 5.68. The fraction of sp³-hybridized carbons (Fsp3) is 0.263. The van der Waals surface area contributed by atoms with Crippen LogP contribution in [0.5, 0.6) is 17.2 Å². The molecule has 0 radical (unpaired) electrons. The molecule has 118 valence electrons. The maximum absolute atomic E-state index is 10.5. The van der Waals surface area contributed by atoms with Gasteiger partial charge in [0.15, 0.2) is 11.5 Å². The fourth-order valence-corrected chi connectivity index (χ4v) is 3.87. The Hall–Kier alpha value is -2.62. The second kappa shape index (κ2) is 5.23. The van der Waals surface area contributed by atoms with E-state index >= 15 is 0 Å². The third-order valence-electron chi connectivity index (χ3n) is 4.96. The molecular weight excluding hydrogens is 290 g/mol. The number of fused-ring (bicyclic) bond motifs is 3. The molecule has 1 aliphatic heterocycles. The van der Waals surface area contributed by atoms with Gasteiger partial charge in [0.2, 0.25) is 0 Å². The second-order valence-corrected chi connectivity index (χ2v) is 6.11. The standard InChI is InChI=1S/C19H19NO3/c1-23-16-10-4-8-14(19(16)22)17-12-6-2-5-11(12)13-7-3-9-15(21)18(13)20-17/h2-5,7-12,17,20-22H,6H2,1H3. The highest BCUT2D eigenvalue weighted by Gasteiger charge is 2.39. The number of nitrogens with one attached hydrogen (secondary N) is 1. The molecule has 4 nitrogen and oxygen atoms in total. The maximum Gasteiger partial charge on any atom is 0.163 e. The Morgan fingerprint density at radius 3 is 2.70 bits per heavy atom. The SMILES string of the molecule is COc1cccc(C2Nc3c(O)cccc3C3C=CCC32)c1O. The second-order valence-electron chi connectivity index (χ2n) is 6.11. The number of methoxy groups -OCH3 is 1. The number of rotatable bonds is 2. The van der Waals surface area contributed by atoms with Crippen molar-refractivity contribution in [2.75, 3.05) is 12.4 Å². The van der Waals surface area contributed by atoms with Crippen molar-refractivity contribution in [2.45, 2.75) is 18.4 Å². The molecule has 2 aromatic rings. The number of hydrogen-bond donors (Lipinski definition) is 3. The van der Waals surface area contributed by atoms with Gasteiger partial charge in [0.1, 0.15) is 5.75 Å². The number of aromatic hydroxyl groups is 2. The van der Waals surface area contributed by atoms with Gasteiger partial charge in [-0.25, -0.2) is 0 Å². The summed E-state index contributed by atoms with van der Waals surface area (Å²) >= 11 is 0. The molecule has 3 unspecified atom stereocenters. The van der Waals surface area contributed by atoms with Crippen molar-refractivity contribution in [2.24, 2.45) is 5.92 Å². The largest absolute Gasteiger partial charge is 0.506 e. The lowest BCUT2D eigenvalue weighted by Gasteiger charge is -2.38. The summed E-state index contributed by atoms with van der Waals surface area (Å²) in [4.78, 5) is 0. The molecule has 3 N–H and O–H groups in total. The average molecular weight is 309 g/mol. The van der Waals surface area contributed by atoms with E-state index in [9.17, 15) is 10.2 Å². The van der Waals surface area contributed by atoms with Crippen LogP contribution in [0, 0.1) is 5.92 Å². The van der Waals surface area contributed by atoms with Crippen molar-refractivity contribution in [1.29, 1.82) is 0 Å². The first kappa shape index (κ1) is 14.0. The highest BCUT2D eigenvalue weighted by atomic mass is 16.5. The van der Waals surface area contributed by atoms with Gasteiger partial charge in [0.25, 0.3) is 0 Å². The van der Waals surface area contributed by atoms with Crippen molar-refractivity contribution in [3.05, 3.63) is 59.7 Å². The molecule has 0 fully saturated rings. The van der Waals surface area contributed by atoms with Gasteiger partial charge in [0, 0.05) is 11.5 Å². The average Bonchev–Trinajstić information content (AvgIpc) is 3.05. The zero-order valence-electron chi connectivity index (χ0n) is 12.9. The number of benzene rings is 2. The first-order valence-electron chi connectivity index (χ1n) is 7.81. The van der Waals surface area contributed by atoms with Crippen LogP contribution in [0.2, 0.25) is 0 Å². The topological polar surface area (TPSA) is 61.7 Å². The predicted octanol–water partition coefficient (Wildman–Crippen LogP) is 3.93. The first-order chi connectivity index (χ1) is 11.2. The smallest absolute Gasteiger partial charge is 0.163 e. The Bertz CT molecular complexity index is 784. The zero-order valence-corrected chi connectivity index (χ0v) is 12.9. The van der Waals surface area contributed by atoms with Crippen LogP contribution in [0.15, 0.2) is 48.6 Å². The Balaban J connectivity index is 1.84. The Labute approximate surface area is 135 Å². The van der Waals surface area contributed by atoms with Gasteiger partial charge < -0.3 is 20.3 Å². The molecule has 1 aliphatic carbocycles. The Morgan fingerprint density at radius 1 is 1.09 bits per heavy atom. The number of phenols is 2. The van der Waals surface area contributed by atoms with Gasteiger partial charge in [-0.3, -0.25) is 0 Å². The fourth-order valence-electron chi connectivity index (χ4n) is 3.87. The summed E-state index contributed by atoms with van der Waals surface area (Å²) in [6.45, 7) is 0. The third-order valence-corrected chi connectivity index (χ3v) is 4.96. The monoisotopic (exact) mass is 309 g/mol. The molecule has 2 aromatic carbocycles. The van der Waals surface area contributed by atoms with Gasteiger partial charge in [-0.05, 0) is 30.0 Å². The molecular formula is C19H19NO3. The summed E-state index contributed by atoms with van der Waals surface area (Å²) in [6, 6.07) is 11.1. The van der Waals surface area contributed by atoms with E-state index in [1.165, 1.54) is 0 Å². The predicted molar refractivity (Wildman–Crippen MR) is 89.1 cm³/mol. The minimum absolute atomic E-state index is 0.0779. The maximum atomic E-state index is 10.5. The van der Waals surface area contributed by atoms with Crippen molar-refractivity contribution in [3.8, 4) is 17.2 Å². The number of ether oxygens (including phenoxy) is 1. The molecule has 4 rings (SSSR count). The van der Waals surface area contributed by atoms with Crippen LogP contribution in [0.25, 0.3) is 0 Å². The van der Waals surface area contributed by atoms with Crippen molar-refractivity contribution >= 4 is 5.69 Å². The van der Waals surface area contributed by atoms with E-state index in [1.807, 2.05) is 18.2 Å². The van der Waals surface area contributed by atoms with Crippen LogP contribution in [0.1, 0.15) is 29.5 Å². The number of hydrogen-bond acceptors (Lipinski definition) is 4. The molecule has 3 atom stereocenters. The molecule has 0 saturated carbocycles. The van der Waals surface area contributed by atoms with Crippen molar-refractivity contribution in [1.82, 2.24) is 0 Å². The summed E-state index contributed by atoms with van der Waals surface area (Å²) in [5.74, 6) is 1.43. The van der Waals surface area contributed by atoms with Crippen LogP contribution in [-0.4, -0.2) is 17.3 Å². The van der Waals surface area contributed by atoms with Crippen LogP contribution < -0.4 is 10.1 Å². The lowest BCUT2D eigenvalue weighted by atomic mass is 9.76. The summed E-state index contributed by atoms with van der Waals surface area (Å²) in [7, 11) is 1.55. The normalized spacial score (nSPS) is 24.7. The molecule has 1 heterocycles. The lowest BCUT2D eigenvalue weighted by molar-refractivity contribution is 0.357. The van der Waals surface area contributed by atoms with E-state index in [4.69, 9.17) is 4.74 Å². The molecule has 0 spiro atoms. The van der Waals surface area contributed by atoms with Crippen molar-refractivity contribution in [3.63, 3.8) is 0 Å². The number of phenolic OH excluding ortho intramolecular Hbond substituents is 2. The van der Waals surface area contributed by atoms with Gasteiger partial charge >= 0.3 is 0 Å². The number of para-hydroxylation sites is 2. The molecule has 23 heavy (non-hydrogen) atoms. The summed E-state index contributed by atoms with van der Waals surface area (Å²) in [5.41, 5.74) is 2.67. The van der Waals surface area contributed by atoms with Gasteiger partial charge in [-0.1, -0.05) is 36.4 Å². The molecule has 0 amide bonds. The van der Waals surface area contributed by atoms with Gasteiger partial charge in [0.05, 0.1) is 18.8 Å². The molecule has 0 aromatic heterocycles. The third kappa shape index (κ3) is 2.05. The Kier molecular flexibility index (Phi) is 3.18. The van der Waals surface area contributed by atoms with E-state index in [-0.39, 0.29) is 23.5 Å². The minimum atomic E-state index is -0.0779. The molecule has 0 bridgehead atoms. The van der Waals surface area contributed by atoms with Crippen molar-refractivity contribution < 1.29 is 14.9 Å². The summed E-state index contributed by atoms with van der Waals surface area (Å²) in [6.07, 6.45) is 5.32. The van der Waals surface area contributed by atoms with E-state index in [0.29, 0.717) is 11.7 Å². The number of allylic oxidation sites excluding steroid dienone is 2. The van der Waals surface area contributed by atoms with Crippen LogP contribution in [-0.2, 0) is 0 Å². The van der Waals surface area contributed by atoms with Gasteiger partial charge in [-0.15, -0.1) is 0 Å². The summed E-state index contributed by atoms with van der Waals surface area (Å²) in [5, 5.41) is 24.2. The van der Waals surface area contributed by atoms with E-state index in [2.05, 4.69) is 23.5 Å². The number of anilines is 1. The molecule has 2 aliphatic rings. The lowest BCUT2D eigenvalue weighted by Crippen LogP contribution is -2.29.